The van der Waals surface area contributed by atoms with Crippen molar-refractivity contribution in [2.75, 3.05) is 50.8 Å². The fraction of sp³-hybridized carbons (Fsp3) is 0.929. The Kier molecular flexibility index (Phi) is 10.2. The molecule has 0 atom stereocenters. The first-order valence-electron chi connectivity index (χ1n) is 7.49. The van der Waals surface area contributed by atoms with Gasteiger partial charge >= 0.3 is 5.97 Å². The second-order valence-corrected chi connectivity index (χ2v) is 6.04. The first kappa shape index (κ1) is 16.8. The lowest BCUT2D eigenvalue weighted by Crippen LogP contribution is -2.37. The van der Waals surface area contributed by atoms with Crippen LogP contribution in [0, 0.1) is 0 Å². The van der Waals surface area contributed by atoms with Gasteiger partial charge in [0, 0.05) is 44.1 Å². The first-order chi connectivity index (χ1) is 9.33. The van der Waals surface area contributed by atoms with E-state index in [0.29, 0.717) is 13.0 Å². The van der Waals surface area contributed by atoms with Crippen molar-refractivity contribution in [2.24, 2.45) is 0 Å². The number of nitrogens with zero attached hydrogens (tertiary/aromatic N) is 1. The summed E-state index contributed by atoms with van der Waals surface area (Å²) < 4.78 is 4.89. The largest absolute Gasteiger partial charge is 0.466 e. The molecule has 0 unspecified atom stereocenters. The second-order valence-electron chi connectivity index (χ2n) is 4.82. The third-order valence-electron chi connectivity index (χ3n) is 3.25. The summed E-state index contributed by atoms with van der Waals surface area (Å²) in [4.78, 5) is 13.6. The summed E-state index contributed by atoms with van der Waals surface area (Å²) in [6, 6.07) is 0. The lowest BCUT2D eigenvalue weighted by atomic mass is 10.2. The average molecular weight is 288 g/mol. The van der Waals surface area contributed by atoms with Crippen LogP contribution in [0.15, 0.2) is 0 Å². The number of hydrogen-bond acceptors (Lipinski definition) is 5. The zero-order valence-corrected chi connectivity index (χ0v) is 13.0. The van der Waals surface area contributed by atoms with Gasteiger partial charge in [0.15, 0.2) is 0 Å². The number of thioether (sulfide) groups is 1. The lowest BCUT2D eigenvalue weighted by molar-refractivity contribution is -0.143. The summed E-state index contributed by atoms with van der Waals surface area (Å²) in [6.07, 6.45) is 3.77. The van der Waals surface area contributed by atoms with Crippen molar-refractivity contribution in [3.63, 3.8) is 0 Å². The summed E-state index contributed by atoms with van der Waals surface area (Å²) in [5.41, 5.74) is 0. The van der Waals surface area contributed by atoms with Gasteiger partial charge in [-0.25, -0.2) is 0 Å². The summed E-state index contributed by atoms with van der Waals surface area (Å²) in [6.45, 7) is 8.15. The minimum Gasteiger partial charge on any atom is -0.466 e. The molecule has 0 aromatic carbocycles. The van der Waals surface area contributed by atoms with E-state index in [4.69, 9.17) is 4.74 Å². The molecule has 1 aliphatic heterocycles. The van der Waals surface area contributed by atoms with Gasteiger partial charge in [-0.3, -0.25) is 4.79 Å². The van der Waals surface area contributed by atoms with Crippen LogP contribution < -0.4 is 5.32 Å². The number of esters is 1. The molecule has 0 aromatic heterocycles. The minimum atomic E-state index is -0.0570. The molecule has 1 N–H and O–H groups in total. The van der Waals surface area contributed by atoms with Crippen LogP contribution in [-0.2, 0) is 9.53 Å². The van der Waals surface area contributed by atoms with Gasteiger partial charge in [-0.2, -0.15) is 11.8 Å². The van der Waals surface area contributed by atoms with E-state index >= 15 is 0 Å². The number of carbonyl (C=O) groups excluding carboxylic acids is 1. The SMILES string of the molecule is CCOC(=O)CCCCCNCCN1CCSCC1. The molecule has 4 nitrogen and oxygen atoms in total. The topological polar surface area (TPSA) is 41.6 Å². The van der Waals surface area contributed by atoms with Crippen molar-refractivity contribution in [1.82, 2.24) is 10.2 Å². The fourth-order valence-corrected chi connectivity index (χ4v) is 3.09. The molecule has 0 aliphatic carbocycles. The van der Waals surface area contributed by atoms with E-state index < -0.39 is 0 Å². The quantitative estimate of drug-likeness (QED) is 0.490. The van der Waals surface area contributed by atoms with E-state index in [9.17, 15) is 4.79 Å². The van der Waals surface area contributed by atoms with Gasteiger partial charge < -0.3 is 15.0 Å². The summed E-state index contributed by atoms with van der Waals surface area (Å²) in [5, 5.41) is 3.48. The fourth-order valence-electron chi connectivity index (χ4n) is 2.12. The monoisotopic (exact) mass is 288 g/mol. The highest BCUT2D eigenvalue weighted by atomic mass is 32.2. The van der Waals surface area contributed by atoms with Crippen LogP contribution in [0.4, 0.5) is 0 Å². The maximum atomic E-state index is 11.1. The molecule has 0 aromatic rings. The van der Waals surface area contributed by atoms with E-state index in [1.807, 2.05) is 6.92 Å². The van der Waals surface area contributed by atoms with Gasteiger partial charge in [-0.15, -0.1) is 0 Å². The third-order valence-corrected chi connectivity index (χ3v) is 4.19. The molecule has 0 spiro atoms. The molecular weight excluding hydrogens is 260 g/mol. The van der Waals surface area contributed by atoms with Gasteiger partial charge in [0.25, 0.3) is 0 Å². The minimum absolute atomic E-state index is 0.0570. The summed E-state index contributed by atoms with van der Waals surface area (Å²) in [5.74, 6) is 2.51. The van der Waals surface area contributed by atoms with Crippen LogP contribution in [-0.4, -0.2) is 61.7 Å². The van der Waals surface area contributed by atoms with Crippen molar-refractivity contribution in [1.29, 1.82) is 0 Å². The van der Waals surface area contributed by atoms with E-state index in [2.05, 4.69) is 22.0 Å². The van der Waals surface area contributed by atoms with Gasteiger partial charge in [-0.1, -0.05) is 6.42 Å². The summed E-state index contributed by atoms with van der Waals surface area (Å²) in [7, 11) is 0. The van der Waals surface area contributed by atoms with Crippen LogP contribution in [0.3, 0.4) is 0 Å². The molecule has 0 bridgehead atoms. The molecule has 0 radical (unpaired) electrons. The van der Waals surface area contributed by atoms with Crippen molar-refractivity contribution in [3.8, 4) is 0 Å². The number of unbranched alkanes of at least 4 members (excludes halogenated alkanes) is 2. The number of carbonyl (C=O) groups is 1. The van der Waals surface area contributed by atoms with Gasteiger partial charge in [0.2, 0.25) is 0 Å². The highest BCUT2D eigenvalue weighted by Gasteiger charge is 2.08. The second kappa shape index (κ2) is 11.6. The highest BCUT2D eigenvalue weighted by Crippen LogP contribution is 2.07. The molecule has 1 aliphatic rings. The summed E-state index contributed by atoms with van der Waals surface area (Å²) >= 11 is 2.06. The average Bonchev–Trinajstić information content (AvgIpc) is 2.43. The van der Waals surface area contributed by atoms with E-state index in [1.54, 1.807) is 0 Å². The maximum Gasteiger partial charge on any atom is 0.305 e. The number of rotatable bonds is 10. The molecule has 1 rings (SSSR count). The van der Waals surface area contributed by atoms with Crippen LogP contribution >= 0.6 is 11.8 Å². The molecule has 5 heteroatoms. The van der Waals surface area contributed by atoms with Crippen LogP contribution in [0.2, 0.25) is 0 Å². The zero-order valence-electron chi connectivity index (χ0n) is 12.2. The predicted octanol–water partition coefficient (Wildman–Crippen LogP) is 1.75. The van der Waals surface area contributed by atoms with E-state index in [-0.39, 0.29) is 5.97 Å². The normalized spacial score (nSPS) is 16.5. The Hall–Kier alpha value is -0.260. The Bertz CT molecular complexity index is 233. The van der Waals surface area contributed by atoms with Crippen molar-refractivity contribution in [3.05, 3.63) is 0 Å². The molecular formula is C14H28N2O2S. The lowest BCUT2D eigenvalue weighted by Gasteiger charge is -2.26. The number of ether oxygens (including phenoxy) is 1. The zero-order chi connectivity index (χ0) is 13.8. The number of hydrogen-bond donors (Lipinski definition) is 1. The molecule has 1 saturated heterocycles. The van der Waals surface area contributed by atoms with Crippen molar-refractivity contribution < 1.29 is 9.53 Å². The Morgan fingerprint density at radius 1 is 1.21 bits per heavy atom. The van der Waals surface area contributed by atoms with Gasteiger partial charge in [-0.05, 0) is 26.3 Å². The standard InChI is InChI=1S/C14H28N2O2S/c1-2-18-14(17)6-4-3-5-7-15-8-9-16-10-12-19-13-11-16/h15H,2-13H2,1H3. The maximum absolute atomic E-state index is 11.1. The van der Waals surface area contributed by atoms with Gasteiger partial charge in [0.1, 0.15) is 0 Å². The number of nitrogens with one attached hydrogen (secondary N) is 1. The molecule has 1 fully saturated rings. The van der Waals surface area contributed by atoms with Crippen LogP contribution in [0.1, 0.15) is 32.6 Å². The van der Waals surface area contributed by atoms with Crippen molar-refractivity contribution in [2.45, 2.75) is 32.6 Å². The molecule has 112 valence electrons. The Morgan fingerprint density at radius 3 is 2.74 bits per heavy atom. The Balaban J connectivity index is 1.79. The van der Waals surface area contributed by atoms with Crippen LogP contribution in [0.25, 0.3) is 0 Å². The molecule has 0 amide bonds. The molecule has 19 heavy (non-hydrogen) atoms. The third kappa shape index (κ3) is 9.30. The Labute approximate surface area is 121 Å². The smallest absolute Gasteiger partial charge is 0.305 e. The Morgan fingerprint density at radius 2 is 2.00 bits per heavy atom. The molecule has 1 heterocycles. The van der Waals surface area contributed by atoms with Crippen molar-refractivity contribution >= 4 is 17.7 Å². The van der Waals surface area contributed by atoms with Crippen LogP contribution in [0.5, 0.6) is 0 Å². The first-order valence-corrected chi connectivity index (χ1v) is 8.65. The van der Waals surface area contributed by atoms with E-state index in [1.165, 1.54) is 31.1 Å². The van der Waals surface area contributed by atoms with E-state index in [0.717, 1.165) is 32.4 Å². The predicted molar refractivity (Wildman–Crippen MR) is 81.7 cm³/mol. The van der Waals surface area contributed by atoms with Gasteiger partial charge in [0.05, 0.1) is 6.61 Å². The highest BCUT2D eigenvalue weighted by molar-refractivity contribution is 7.99. The molecule has 0 saturated carbocycles.